The van der Waals surface area contributed by atoms with E-state index in [9.17, 15) is 9.90 Å². The van der Waals surface area contributed by atoms with Gasteiger partial charge in [-0.15, -0.1) is 0 Å². The summed E-state index contributed by atoms with van der Waals surface area (Å²) in [5.74, 6) is -0.813. The van der Waals surface area contributed by atoms with Crippen LogP contribution >= 0.6 is 0 Å². The smallest absolute Gasteiger partial charge is 0.258 e. The molecule has 0 aliphatic heterocycles. The van der Waals surface area contributed by atoms with Gasteiger partial charge in [0.1, 0.15) is 0 Å². The minimum atomic E-state index is -1.86. The second kappa shape index (κ2) is 5.86. The Bertz CT molecular complexity index is 598. The van der Waals surface area contributed by atoms with Gasteiger partial charge in [-0.05, 0) is 11.1 Å². The Balaban J connectivity index is 2.63. The van der Waals surface area contributed by atoms with Crippen molar-refractivity contribution in [3.63, 3.8) is 0 Å². The summed E-state index contributed by atoms with van der Waals surface area (Å²) in [6.45, 7) is 0.290. The van der Waals surface area contributed by atoms with Gasteiger partial charge in [0.25, 0.3) is 5.91 Å². The van der Waals surface area contributed by atoms with Crippen LogP contribution in [0.2, 0.25) is 0 Å². The van der Waals surface area contributed by atoms with Gasteiger partial charge < -0.3 is 15.6 Å². The monoisotopic (exact) mass is 271 g/mol. The van der Waals surface area contributed by atoms with Crippen molar-refractivity contribution in [2.75, 3.05) is 7.11 Å². The highest BCUT2D eigenvalue weighted by molar-refractivity contribution is 5.89. The molecule has 0 saturated heterocycles. The molecule has 0 aromatic heterocycles. The van der Waals surface area contributed by atoms with E-state index < -0.39 is 11.5 Å². The molecule has 1 unspecified atom stereocenters. The molecule has 0 aliphatic carbocycles. The van der Waals surface area contributed by atoms with Gasteiger partial charge >= 0.3 is 0 Å². The van der Waals surface area contributed by atoms with Gasteiger partial charge in [0, 0.05) is 12.7 Å². The highest BCUT2D eigenvalue weighted by Crippen LogP contribution is 2.32. The summed E-state index contributed by atoms with van der Waals surface area (Å²) in [7, 11) is 1.56. The van der Waals surface area contributed by atoms with Crippen molar-refractivity contribution in [1.29, 1.82) is 0 Å². The minimum absolute atomic E-state index is 0.290. The fraction of sp³-hybridized carbons (Fsp3) is 0.188. The van der Waals surface area contributed by atoms with E-state index >= 15 is 0 Å². The van der Waals surface area contributed by atoms with Crippen LogP contribution in [-0.2, 0) is 21.7 Å². The molecule has 2 rings (SSSR count). The second-order valence-corrected chi connectivity index (χ2v) is 4.53. The Kier molecular flexibility index (Phi) is 4.17. The summed E-state index contributed by atoms with van der Waals surface area (Å²) in [4.78, 5) is 11.9. The van der Waals surface area contributed by atoms with E-state index in [-0.39, 0.29) is 0 Å². The lowest BCUT2D eigenvalue weighted by atomic mass is 9.83. The van der Waals surface area contributed by atoms with Crippen LogP contribution in [0, 0.1) is 0 Å². The van der Waals surface area contributed by atoms with Crippen LogP contribution < -0.4 is 5.73 Å². The Morgan fingerprint density at radius 3 is 2.35 bits per heavy atom. The normalized spacial score (nSPS) is 13.7. The van der Waals surface area contributed by atoms with Crippen molar-refractivity contribution < 1.29 is 14.6 Å². The number of carbonyl (C=O) groups excluding carboxylic acids is 1. The first-order chi connectivity index (χ1) is 9.60. The number of rotatable bonds is 5. The number of primary amides is 1. The fourth-order valence-corrected chi connectivity index (χ4v) is 2.26. The third kappa shape index (κ3) is 2.43. The van der Waals surface area contributed by atoms with Crippen molar-refractivity contribution in [1.82, 2.24) is 0 Å². The maximum atomic E-state index is 11.9. The van der Waals surface area contributed by atoms with Crippen LogP contribution in [0.25, 0.3) is 0 Å². The van der Waals surface area contributed by atoms with Crippen LogP contribution in [0.5, 0.6) is 0 Å². The summed E-state index contributed by atoms with van der Waals surface area (Å²) < 4.78 is 5.12. The molecule has 0 spiro atoms. The first-order valence-electron chi connectivity index (χ1n) is 6.25. The average molecular weight is 271 g/mol. The highest BCUT2D eigenvalue weighted by Gasteiger charge is 2.39. The maximum absolute atomic E-state index is 11.9. The van der Waals surface area contributed by atoms with Crippen molar-refractivity contribution >= 4 is 5.91 Å². The summed E-state index contributed by atoms with van der Waals surface area (Å²) in [5, 5.41) is 10.9. The highest BCUT2D eigenvalue weighted by atomic mass is 16.5. The number of nitrogens with two attached hydrogens (primary N) is 1. The number of aliphatic hydroxyl groups is 1. The molecule has 4 heteroatoms. The number of carbonyl (C=O) groups is 1. The van der Waals surface area contributed by atoms with E-state index in [4.69, 9.17) is 10.5 Å². The first-order valence-corrected chi connectivity index (χ1v) is 6.25. The number of ether oxygens (including phenoxy) is 1. The van der Waals surface area contributed by atoms with Crippen LogP contribution in [0.1, 0.15) is 16.7 Å². The van der Waals surface area contributed by atoms with Crippen LogP contribution in [0.3, 0.4) is 0 Å². The number of amides is 1. The van der Waals surface area contributed by atoms with E-state index in [1.54, 1.807) is 49.6 Å². The Hall–Kier alpha value is -2.17. The molecule has 1 atom stereocenters. The lowest BCUT2D eigenvalue weighted by Gasteiger charge is -2.27. The second-order valence-electron chi connectivity index (χ2n) is 4.53. The number of hydrogen-bond donors (Lipinski definition) is 2. The fourth-order valence-electron chi connectivity index (χ4n) is 2.26. The van der Waals surface area contributed by atoms with Crippen LogP contribution in [-0.4, -0.2) is 18.1 Å². The predicted molar refractivity (Wildman–Crippen MR) is 75.8 cm³/mol. The predicted octanol–water partition coefficient (Wildman–Crippen LogP) is 1.55. The Labute approximate surface area is 117 Å². The average Bonchev–Trinajstić information content (AvgIpc) is 2.48. The molecule has 20 heavy (non-hydrogen) atoms. The molecule has 4 nitrogen and oxygen atoms in total. The van der Waals surface area contributed by atoms with Gasteiger partial charge in [-0.25, -0.2) is 0 Å². The van der Waals surface area contributed by atoms with Gasteiger partial charge in [0.05, 0.1) is 6.61 Å². The third-order valence-electron chi connectivity index (χ3n) is 3.26. The van der Waals surface area contributed by atoms with E-state index in [1.807, 2.05) is 12.1 Å². The molecule has 0 fully saturated rings. The van der Waals surface area contributed by atoms with Gasteiger partial charge in [0.2, 0.25) is 0 Å². The molecular formula is C16H17NO3. The largest absolute Gasteiger partial charge is 0.380 e. The molecule has 3 N–H and O–H groups in total. The molecule has 0 radical (unpaired) electrons. The zero-order chi connectivity index (χ0) is 14.6. The van der Waals surface area contributed by atoms with Crippen LogP contribution in [0.15, 0.2) is 54.6 Å². The SMILES string of the molecule is COCc1ccccc1C(O)(C(N)=O)c1ccccc1. The molecule has 2 aromatic rings. The van der Waals surface area contributed by atoms with Gasteiger partial charge in [-0.2, -0.15) is 0 Å². The third-order valence-corrected chi connectivity index (χ3v) is 3.26. The summed E-state index contributed by atoms with van der Waals surface area (Å²) >= 11 is 0. The van der Waals surface area contributed by atoms with E-state index in [0.29, 0.717) is 17.7 Å². The van der Waals surface area contributed by atoms with Crippen molar-refractivity contribution in [2.24, 2.45) is 5.73 Å². The topological polar surface area (TPSA) is 72.6 Å². The van der Waals surface area contributed by atoms with Crippen molar-refractivity contribution in [2.45, 2.75) is 12.2 Å². The maximum Gasteiger partial charge on any atom is 0.258 e. The van der Waals surface area contributed by atoms with E-state index in [2.05, 4.69) is 0 Å². The lowest BCUT2D eigenvalue weighted by molar-refractivity contribution is -0.133. The summed E-state index contributed by atoms with van der Waals surface area (Å²) in [5.41, 5.74) is 5.21. The minimum Gasteiger partial charge on any atom is -0.380 e. The quantitative estimate of drug-likeness (QED) is 0.866. The zero-order valence-corrected chi connectivity index (χ0v) is 11.2. The molecule has 0 bridgehead atoms. The van der Waals surface area contributed by atoms with Gasteiger partial charge in [0.15, 0.2) is 5.60 Å². The first kappa shape index (κ1) is 14.2. The Morgan fingerprint density at radius 2 is 1.75 bits per heavy atom. The molecule has 0 saturated carbocycles. The molecule has 2 aromatic carbocycles. The lowest BCUT2D eigenvalue weighted by Crippen LogP contribution is -2.42. The van der Waals surface area contributed by atoms with Crippen molar-refractivity contribution in [3.8, 4) is 0 Å². The number of methoxy groups -OCH3 is 1. The van der Waals surface area contributed by atoms with Crippen molar-refractivity contribution in [3.05, 3.63) is 71.3 Å². The molecule has 0 aliphatic rings. The molecule has 104 valence electrons. The standard InChI is InChI=1S/C16H17NO3/c1-20-11-12-7-5-6-10-14(12)16(19,15(17)18)13-8-3-2-4-9-13/h2-10,19H,11H2,1H3,(H2,17,18). The van der Waals surface area contributed by atoms with E-state index in [0.717, 1.165) is 5.56 Å². The molecular weight excluding hydrogens is 254 g/mol. The van der Waals surface area contributed by atoms with Gasteiger partial charge in [-0.1, -0.05) is 54.6 Å². The van der Waals surface area contributed by atoms with Crippen LogP contribution in [0.4, 0.5) is 0 Å². The van der Waals surface area contributed by atoms with Gasteiger partial charge in [-0.3, -0.25) is 4.79 Å². The number of benzene rings is 2. The zero-order valence-electron chi connectivity index (χ0n) is 11.2. The number of hydrogen-bond acceptors (Lipinski definition) is 3. The summed E-state index contributed by atoms with van der Waals surface area (Å²) in [6.07, 6.45) is 0. The summed E-state index contributed by atoms with van der Waals surface area (Å²) in [6, 6.07) is 15.7. The Morgan fingerprint density at radius 1 is 1.15 bits per heavy atom. The molecule has 0 heterocycles. The van der Waals surface area contributed by atoms with E-state index in [1.165, 1.54) is 0 Å². The molecule has 1 amide bonds.